The van der Waals surface area contributed by atoms with Gasteiger partial charge in [-0.2, -0.15) is 0 Å². The Bertz CT molecular complexity index is 4010. The molecular formula is C80H72F4N8Pd2Pt3-4. The number of rotatable bonds is 12. The number of pyridine rings is 4. The van der Waals surface area contributed by atoms with E-state index >= 15 is 0 Å². The van der Waals surface area contributed by atoms with Crippen LogP contribution in [-0.4, -0.2) is 29.9 Å². The summed E-state index contributed by atoms with van der Waals surface area (Å²) in [4.78, 5) is 37.3. The average molecular weight is 2020 g/mol. The zero-order valence-corrected chi connectivity index (χ0v) is 64.7. The van der Waals surface area contributed by atoms with Gasteiger partial charge in [0, 0.05) is 131 Å². The van der Waals surface area contributed by atoms with E-state index in [0.717, 1.165) is 143 Å². The van der Waals surface area contributed by atoms with E-state index in [1.807, 2.05) is 84.9 Å². The Morgan fingerprint density at radius 3 is 0.835 bits per heavy atom. The van der Waals surface area contributed by atoms with Crippen LogP contribution in [0.2, 0.25) is 0 Å². The van der Waals surface area contributed by atoms with Crippen molar-refractivity contribution in [1.82, 2.24) is 39.9 Å². The van der Waals surface area contributed by atoms with Crippen molar-refractivity contribution in [2.75, 3.05) is 0 Å². The number of hydrogen-bond acceptors (Lipinski definition) is 6. The predicted octanol–water partition coefficient (Wildman–Crippen LogP) is 20.0. The maximum Gasteiger partial charge on any atom is 2.00 e. The molecule has 8 nitrogen and oxygen atoms in total. The summed E-state index contributed by atoms with van der Waals surface area (Å²) in [6.07, 6.45) is 14.3. The fourth-order valence-electron chi connectivity index (χ4n) is 11.4. The Kier molecular flexibility index (Phi) is 35.4. The first kappa shape index (κ1) is 82.6. The molecule has 0 saturated carbocycles. The molecule has 8 bridgehead atoms. The summed E-state index contributed by atoms with van der Waals surface area (Å²) >= 11 is 0. The Morgan fingerprint density at radius 2 is 0.608 bits per heavy atom. The van der Waals surface area contributed by atoms with Gasteiger partial charge in [0.25, 0.3) is 0 Å². The fraction of sp³-hybridized carbons (Fsp3) is 0.200. The minimum Gasteiger partial charge on any atom is -0.657 e. The van der Waals surface area contributed by atoms with Gasteiger partial charge in [-0.3, -0.25) is 17.6 Å². The van der Waals surface area contributed by atoms with E-state index in [-0.39, 0.29) is 115 Å². The van der Waals surface area contributed by atoms with Crippen molar-refractivity contribution < 1.29 is 122 Å². The molecule has 0 fully saturated rings. The van der Waals surface area contributed by atoms with Crippen LogP contribution in [0.25, 0.3) is 89.4 Å². The third kappa shape index (κ3) is 21.1. The first-order valence-corrected chi connectivity index (χ1v) is 31.4. The van der Waals surface area contributed by atoms with Crippen LogP contribution in [0, 0.1) is 47.5 Å². The van der Waals surface area contributed by atoms with E-state index in [9.17, 15) is 17.6 Å². The van der Waals surface area contributed by atoms with Gasteiger partial charge < -0.3 is 29.9 Å². The van der Waals surface area contributed by atoms with Crippen molar-refractivity contribution in [3.63, 3.8) is 0 Å². The van der Waals surface area contributed by atoms with Crippen LogP contribution in [0.1, 0.15) is 126 Å². The summed E-state index contributed by atoms with van der Waals surface area (Å²) < 4.78 is 51.6. The van der Waals surface area contributed by atoms with Gasteiger partial charge in [0.05, 0.1) is 22.8 Å². The van der Waals surface area contributed by atoms with Gasteiger partial charge in [0.2, 0.25) is 0 Å². The van der Waals surface area contributed by atoms with Crippen LogP contribution in [-0.2, 0) is 130 Å². The Morgan fingerprint density at radius 1 is 0.330 bits per heavy atom. The molecule has 4 aromatic carbocycles. The molecule has 97 heavy (non-hydrogen) atoms. The van der Waals surface area contributed by atoms with Crippen LogP contribution < -0.4 is 9.97 Å². The summed E-state index contributed by atoms with van der Waals surface area (Å²) in [5.41, 5.74) is 24.4. The van der Waals surface area contributed by atoms with E-state index in [1.165, 1.54) is 44.5 Å². The summed E-state index contributed by atoms with van der Waals surface area (Å²) in [6, 6.07) is 61.7. The molecule has 0 radical (unpaired) electrons. The van der Waals surface area contributed by atoms with Crippen LogP contribution >= 0.6 is 0 Å². The quantitative estimate of drug-likeness (QED) is 0.0677. The molecule has 514 valence electrons. The van der Waals surface area contributed by atoms with E-state index in [4.69, 9.17) is 19.9 Å². The third-order valence-electron chi connectivity index (χ3n) is 15.7. The maximum absolute atomic E-state index is 13.2. The minimum atomic E-state index is -0.649. The molecule has 17 heteroatoms. The molecule has 0 amide bonds. The normalized spacial score (nSPS) is 10.9. The van der Waals surface area contributed by atoms with Gasteiger partial charge in [-0.25, -0.2) is 9.97 Å². The fourth-order valence-corrected chi connectivity index (χ4v) is 11.4. The summed E-state index contributed by atoms with van der Waals surface area (Å²) in [5.74, 6) is -2.57. The van der Waals surface area contributed by atoms with Gasteiger partial charge in [0.15, 0.2) is 0 Å². The van der Waals surface area contributed by atoms with Gasteiger partial charge in [-0.1, -0.05) is 174 Å². The second-order valence-electron chi connectivity index (χ2n) is 21.3. The van der Waals surface area contributed by atoms with Gasteiger partial charge >= 0.3 is 21.1 Å². The number of fused-ring (bicyclic) bond motifs is 8. The molecule has 13 rings (SSSR count). The molecule has 2 aliphatic heterocycles. The Hall–Kier alpha value is -6.81. The summed E-state index contributed by atoms with van der Waals surface area (Å²) in [5, 5.41) is 0. The number of allylic oxidation sites excluding steroid dienone is 4. The largest absolute Gasteiger partial charge is 2.00 e. The molecule has 7 aromatic heterocycles. The molecule has 0 spiro atoms. The summed E-state index contributed by atoms with van der Waals surface area (Å²) in [7, 11) is 0. The second kappa shape index (κ2) is 41.6. The molecule has 2 aliphatic rings. The van der Waals surface area contributed by atoms with Crippen molar-refractivity contribution in [3.05, 3.63) is 287 Å². The van der Waals surface area contributed by atoms with E-state index < -0.39 is 23.3 Å². The third-order valence-corrected chi connectivity index (χ3v) is 15.7. The van der Waals surface area contributed by atoms with E-state index in [2.05, 4.69) is 124 Å². The van der Waals surface area contributed by atoms with Crippen LogP contribution in [0.15, 0.2) is 195 Å². The summed E-state index contributed by atoms with van der Waals surface area (Å²) in [6.45, 7) is 17.9. The molecule has 0 aliphatic carbocycles. The average Bonchev–Trinajstić information content (AvgIpc) is 1.63. The predicted molar refractivity (Wildman–Crippen MR) is 365 cm³/mol. The number of halogens is 4. The molecule has 9 heterocycles. The van der Waals surface area contributed by atoms with E-state index in [1.54, 1.807) is 61.2 Å². The first-order valence-electron chi connectivity index (χ1n) is 31.4. The van der Waals surface area contributed by atoms with Gasteiger partial charge in [-0.15, -0.1) is 118 Å². The Labute approximate surface area is 638 Å². The molecule has 11 aromatic rings. The Balaban J connectivity index is 0.000000288. The monoisotopic (exact) mass is 2020 g/mol. The maximum atomic E-state index is 13.2. The van der Waals surface area contributed by atoms with Crippen LogP contribution in [0.4, 0.5) is 17.6 Å². The van der Waals surface area contributed by atoms with Crippen LogP contribution in [0.3, 0.4) is 0 Å². The number of benzene rings is 4. The van der Waals surface area contributed by atoms with Crippen molar-refractivity contribution in [2.24, 2.45) is 0 Å². The minimum absolute atomic E-state index is 0. The SMILES string of the molecule is CCC1=C(CC)c2cc3[n-]c(cc4nc(cc5[n-]c(cc1n2)c(CC)c5CC)C(CC)=C4CC)c(CC)c3CC.Fc1c[c-]c(-c2ccccn2)c(F)c1.Fc1c[c-]c(-c2ccccn2)c(F)c1.[Pd].[Pd].[Pt+2].[Pt].[Pt].[c-]1ccccc1-c1ccccn1.[c-]1ccccc1-c1ccccn1. The first-order chi connectivity index (χ1) is 44.9. The number of nitrogens with zero attached hydrogens (tertiary/aromatic N) is 8. The van der Waals surface area contributed by atoms with Gasteiger partial charge in [0.1, 0.15) is 0 Å². The molecule has 0 saturated heterocycles. The standard InChI is InChI=1S/C36H44N4.2C11H6F2N.2C11H8N.2Pd.3Pt/c1-9-21-22(10-2)30-18-32-25(13-5)26(14-6)34(39-32)20-36-28(16-8)27(15-7)35(40-36)19-33-24(12-4)23(11-3)31(38-33)17-29(21)37-30;2*12-8-4-5-9(10(13)7-8)11-3-1-2-6-14-11;2*1-2-6-10(7-3-1)11-8-4-5-9-12-11;;;;;/h17-20H,9-16H2,1-8H3;2*1-4,6-7H;2*1-6,8-9H;;;;;/q-2;4*-1;;;;;+2. The van der Waals surface area contributed by atoms with Crippen molar-refractivity contribution in [2.45, 2.75) is 107 Å². The number of aryl methyl sites for hydroxylation is 4. The number of aromatic nitrogens is 8. The van der Waals surface area contributed by atoms with Crippen molar-refractivity contribution >= 4 is 44.4 Å². The number of hydrogen-bond donors (Lipinski definition) is 0. The smallest absolute Gasteiger partial charge is 0.657 e. The second-order valence-corrected chi connectivity index (χ2v) is 21.3. The molecular weight excluding hydrogens is 1950 g/mol. The molecule has 0 unspecified atom stereocenters. The van der Waals surface area contributed by atoms with Crippen LogP contribution in [0.5, 0.6) is 0 Å². The van der Waals surface area contributed by atoms with Crippen molar-refractivity contribution in [1.29, 1.82) is 0 Å². The molecule has 0 atom stereocenters. The zero-order valence-electron chi connectivity index (χ0n) is 54.8. The van der Waals surface area contributed by atoms with Crippen molar-refractivity contribution in [3.8, 4) is 45.0 Å². The van der Waals surface area contributed by atoms with Gasteiger partial charge in [-0.05, 0) is 121 Å². The van der Waals surface area contributed by atoms with E-state index in [0.29, 0.717) is 11.4 Å². The topological polar surface area (TPSA) is 106 Å². The zero-order chi connectivity index (χ0) is 64.9. The molecule has 0 N–H and O–H groups in total.